The van der Waals surface area contributed by atoms with Gasteiger partial charge in [-0.2, -0.15) is 0 Å². The van der Waals surface area contributed by atoms with Crippen LogP contribution in [-0.4, -0.2) is 24.5 Å². The first-order valence-electron chi connectivity index (χ1n) is 6.18. The molecule has 0 aliphatic carbocycles. The average molecular weight is 252 g/mol. The second kappa shape index (κ2) is 8.25. The maximum atomic E-state index is 11.5. The number of ether oxygens (including phenoxy) is 1. The van der Waals surface area contributed by atoms with Crippen LogP contribution >= 0.6 is 7.92 Å². The Morgan fingerprint density at radius 2 is 1.82 bits per heavy atom. The van der Waals surface area contributed by atoms with E-state index in [-0.39, 0.29) is 13.9 Å². The third kappa shape index (κ3) is 5.83. The van der Waals surface area contributed by atoms with Gasteiger partial charge in [0.1, 0.15) is 6.61 Å². The highest BCUT2D eigenvalue weighted by molar-refractivity contribution is 7.57. The molecule has 94 valence electrons. The molecule has 1 aromatic carbocycles. The highest BCUT2D eigenvalue weighted by Crippen LogP contribution is 2.34. The molecule has 0 N–H and O–H groups in total. The quantitative estimate of drug-likeness (QED) is 0.547. The molecule has 0 aliphatic heterocycles. The first kappa shape index (κ1) is 14.2. The van der Waals surface area contributed by atoms with E-state index in [0.717, 1.165) is 11.7 Å². The van der Waals surface area contributed by atoms with Crippen LogP contribution in [0.25, 0.3) is 0 Å². The Labute approximate surface area is 105 Å². The molecule has 0 bridgehead atoms. The van der Waals surface area contributed by atoms with E-state index >= 15 is 0 Å². The zero-order valence-electron chi connectivity index (χ0n) is 10.7. The van der Waals surface area contributed by atoms with Gasteiger partial charge in [-0.15, -0.1) is 7.92 Å². The van der Waals surface area contributed by atoms with Crippen molar-refractivity contribution in [1.29, 1.82) is 0 Å². The summed E-state index contributed by atoms with van der Waals surface area (Å²) in [5.74, 6) is -0.0664. The van der Waals surface area contributed by atoms with Crippen LogP contribution in [0.4, 0.5) is 0 Å². The van der Waals surface area contributed by atoms with Gasteiger partial charge in [-0.3, -0.25) is 4.79 Å². The Bertz CT molecular complexity index is 320. The predicted octanol–water partition coefficient (Wildman–Crippen LogP) is 3.64. The summed E-state index contributed by atoms with van der Waals surface area (Å²) in [4.78, 5) is 11.5. The second-order valence-corrected chi connectivity index (χ2v) is 6.98. The van der Waals surface area contributed by atoms with Gasteiger partial charge in [0.15, 0.2) is 0 Å². The van der Waals surface area contributed by atoms with Gasteiger partial charge in [0.2, 0.25) is 0 Å². The molecule has 1 rings (SSSR count). The molecule has 0 saturated carbocycles. The summed E-state index contributed by atoms with van der Waals surface area (Å²) in [5, 5.41) is 0. The molecule has 0 spiro atoms. The summed E-state index contributed by atoms with van der Waals surface area (Å²) in [5.41, 5.74) is 1.05. The van der Waals surface area contributed by atoms with Crippen molar-refractivity contribution >= 4 is 13.9 Å². The monoisotopic (exact) mass is 252 g/mol. The van der Waals surface area contributed by atoms with Crippen molar-refractivity contribution in [2.75, 3.05) is 18.5 Å². The van der Waals surface area contributed by atoms with Gasteiger partial charge in [-0.05, 0) is 24.0 Å². The maximum absolute atomic E-state index is 11.5. The number of benzene rings is 1. The van der Waals surface area contributed by atoms with E-state index in [2.05, 4.69) is 13.8 Å². The van der Waals surface area contributed by atoms with Gasteiger partial charge in [0.25, 0.3) is 0 Å². The second-order valence-electron chi connectivity index (χ2n) is 3.92. The lowest BCUT2D eigenvalue weighted by Gasteiger charge is -2.12. The first-order chi connectivity index (χ1) is 8.26. The molecule has 1 aromatic rings. The summed E-state index contributed by atoms with van der Waals surface area (Å²) in [6.07, 6.45) is 3.99. The zero-order chi connectivity index (χ0) is 12.5. The lowest BCUT2D eigenvalue weighted by Crippen LogP contribution is -2.07. The van der Waals surface area contributed by atoms with Crippen molar-refractivity contribution in [2.24, 2.45) is 0 Å². The summed E-state index contributed by atoms with van der Waals surface area (Å²) in [6, 6.07) is 9.81. The third-order valence-electron chi connectivity index (χ3n) is 2.77. The minimum atomic E-state index is -0.0664. The molecule has 0 fully saturated rings. The number of hydrogen-bond donors (Lipinski definition) is 0. The molecule has 17 heavy (non-hydrogen) atoms. The Hall–Kier alpha value is -0.880. The van der Waals surface area contributed by atoms with Crippen LogP contribution in [0.1, 0.15) is 25.8 Å². The molecular weight excluding hydrogens is 231 g/mol. The standard InChI is InChI=1S/C14H21O2P/c1-3-17(4-2)11-10-14(15)16-12-13-8-6-5-7-9-13/h5-9H,3-4,10-12H2,1-2H3. The topological polar surface area (TPSA) is 26.3 Å². The Morgan fingerprint density at radius 3 is 2.41 bits per heavy atom. The van der Waals surface area contributed by atoms with E-state index < -0.39 is 0 Å². The van der Waals surface area contributed by atoms with Gasteiger partial charge in [0.05, 0.1) is 0 Å². The van der Waals surface area contributed by atoms with Gasteiger partial charge in [-0.25, -0.2) is 0 Å². The number of esters is 1. The van der Waals surface area contributed by atoms with Crippen LogP contribution in [0.3, 0.4) is 0 Å². The fourth-order valence-corrected chi connectivity index (χ4v) is 3.18. The maximum Gasteiger partial charge on any atom is 0.306 e. The normalized spacial score (nSPS) is 10.5. The van der Waals surface area contributed by atoms with Crippen LogP contribution < -0.4 is 0 Å². The van der Waals surface area contributed by atoms with E-state index in [1.807, 2.05) is 30.3 Å². The van der Waals surface area contributed by atoms with Gasteiger partial charge in [-0.1, -0.05) is 44.2 Å². The van der Waals surface area contributed by atoms with Crippen molar-refractivity contribution in [3.05, 3.63) is 35.9 Å². The molecule has 3 heteroatoms. The lowest BCUT2D eigenvalue weighted by molar-refractivity contribution is -0.144. The van der Waals surface area contributed by atoms with Gasteiger partial charge >= 0.3 is 5.97 Å². The molecule has 0 atom stereocenters. The summed E-state index contributed by atoms with van der Waals surface area (Å²) in [6.45, 7) is 4.80. The Balaban J connectivity index is 2.22. The van der Waals surface area contributed by atoms with E-state index in [1.54, 1.807) is 0 Å². The molecule has 0 aliphatic rings. The number of hydrogen-bond acceptors (Lipinski definition) is 2. The van der Waals surface area contributed by atoms with Crippen LogP contribution in [0.15, 0.2) is 30.3 Å². The van der Waals surface area contributed by atoms with E-state index in [0.29, 0.717) is 13.0 Å². The van der Waals surface area contributed by atoms with Crippen molar-refractivity contribution < 1.29 is 9.53 Å². The molecule has 0 heterocycles. The van der Waals surface area contributed by atoms with Gasteiger partial charge in [0, 0.05) is 6.42 Å². The molecule has 0 unspecified atom stereocenters. The molecule has 0 amide bonds. The zero-order valence-corrected chi connectivity index (χ0v) is 11.6. The fraction of sp³-hybridized carbons (Fsp3) is 0.500. The van der Waals surface area contributed by atoms with E-state index in [9.17, 15) is 4.79 Å². The summed E-state index contributed by atoms with van der Waals surface area (Å²) >= 11 is 0. The Kier molecular flexibility index (Phi) is 6.88. The molecule has 0 saturated heterocycles. The third-order valence-corrected chi connectivity index (χ3v) is 5.41. The van der Waals surface area contributed by atoms with E-state index in [1.165, 1.54) is 12.3 Å². The predicted molar refractivity (Wildman–Crippen MR) is 73.7 cm³/mol. The molecule has 2 nitrogen and oxygen atoms in total. The average Bonchev–Trinajstić information content (AvgIpc) is 2.39. The number of rotatable bonds is 7. The minimum Gasteiger partial charge on any atom is -0.461 e. The summed E-state index contributed by atoms with van der Waals surface area (Å²) < 4.78 is 5.24. The largest absolute Gasteiger partial charge is 0.461 e. The van der Waals surface area contributed by atoms with Crippen molar-refractivity contribution in [1.82, 2.24) is 0 Å². The van der Waals surface area contributed by atoms with Crippen molar-refractivity contribution in [2.45, 2.75) is 26.9 Å². The van der Waals surface area contributed by atoms with Crippen LogP contribution in [-0.2, 0) is 16.1 Å². The highest BCUT2D eigenvalue weighted by atomic mass is 31.1. The summed E-state index contributed by atoms with van der Waals surface area (Å²) in [7, 11) is 0.0455. The lowest BCUT2D eigenvalue weighted by atomic mass is 10.2. The SMILES string of the molecule is CCP(CC)CCC(=O)OCc1ccccc1. The van der Waals surface area contributed by atoms with Crippen molar-refractivity contribution in [3.63, 3.8) is 0 Å². The van der Waals surface area contributed by atoms with Crippen molar-refractivity contribution in [3.8, 4) is 0 Å². The minimum absolute atomic E-state index is 0.0455. The van der Waals surface area contributed by atoms with Crippen LogP contribution in [0.2, 0.25) is 0 Å². The molecule has 0 radical (unpaired) electrons. The molecular formula is C14H21O2P. The Morgan fingerprint density at radius 1 is 1.18 bits per heavy atom. The molecule has 0 aromatic heterocycles. The fourth-order valence-electron chi connectivity index (χ4n) is 1.60. The van der Waals surface area contributed by atoms with E-state index in [4.69, 9.17) is 4.74 Å². The first-order valence-corrected chi connectivity index (χ1v) is 8.07. The smallest absolute Gasteiger partial charge is 0.306 e. The van der Waals surface area contributed by atoms with Crippen LogP contribution in [0.5, 0.6) is 0 Å². The number of carbonyl (C=O) groups excluding carboxylic acids is 1. The highest BCUT2D eigenvalue weighted by Gasteiger charge is 2.08. The van der Waals surface area contributed by atoms with Gasteiger partial charge < -0.3 is 4.74 Å². The van der Waals surface area contributed by atoms with Crippen LogP contribution in [0, 0.1) is 0 Å². The number of carbonyl (C=O) groups is 1.